The number of benzene rings is 1. The summed E-state index contributed by atoms with van der Waals surface area (Å²) in [6.07, 6.45) is -1.13. The van der Waals surface area contributed by atoms with Gasteiger partial charge in [0.15, 0.2) is 0 Å². The molecule has 0 aliphatic carbocycles. The van der Waals surface area contributed by atoms with Crippen LogP contribution in [-0.4, -0.2) is 17.2 Å². The summed E-state index contributed by atoms with van der Waals surface area (Å²) in [6.45, 7) is 0. The van der Waals surface area contributed by atoms with Gasteiger partial charge in [-0.1, -0.05) is 22.0 Å². The highest BCUT2D eigenvalue weighted by atomic mass is 79.9. The zero-order valence-corrected chi connectivity index (χ0v) is 11.2. The summed E-state index contributed by atoms with van der Waals surface area (Å²) >= 11 is 3.24. The summed E-state index contributed by atoms with van der Waals surface area (Å²) < 4.78 is 19.3. The SMILES string of the molecule is COc1cccc(C(O)c2cc(Br)ccc2F)n1. The maximum Gasteiger partial charge on any atom is 0.213 e. The van der Waals surface area contributed by atoms with Crippen LogP contribution in [0.5, 0.6) is 5.88 Å². The molecule has 0 aliphatic rings. The van der Waals surface area contributed by atoms with Crippen molar-refractivity contribution in [2.45, 2.75) is 6.10 Å². The lowest BCUT2D eigenvalue weighted by molar-refractivity contribution is 0.208. The van der Waals surface area contributed by atoms with Gasteiger partial charge in [0, 0.05) is 16.1 Å². The Morgan fingerprint density at radius 3 is 2.83 bits per heavy atom. The molecule has 94 valence electrons. The lowest BCUT2D eigenvalue weighted by Gasteiger charge is -2.12. The molecular weight excluding hydrogens is 301 g/mol. The maximum atomic E-state index is 13.6. The van der Waals surface area contributed by atoms with Crippen molar-refractivity contribution < 1.29 is 14.2 Å². The number of nitrogens with zero attached hydrogens (tertiary/aromatic N) is 1. The Labute approximate surface area is 112 Å². The van der Waals surface area contributed by atoms with Crippen molar-refractivity contribution in [3.8, 4) is 5.88 Å². The summed E-state index contributed by atoms with van der Waals surface area (Å²) in [5.41, 5.74) is 0.511. The lowest BCUT2D eigenvalue weighted by Crippen LogP contribution is -2.05. The molecule has 2 rings (SSSR count). The van der Waals surface area contributed by atoms with Gasteiger partial charge in [-0.25, -0.2) is 9.37 Å². The van der Waals surface area contributed by atoms with Crippen LogP contribution in [-0.2, 0) is 0 Å². The van der Waals surface area contributed by atoms with E-state index in [1.165, 1.54) is 19.2 Å². The van der Waals surface area contributed by atoms with Gasteiger partial charge in [-0.15, -0.1) is 0 Å². The summed E-state index contributed by atoms with van der Waals surface area (Å²) in [5.74, 6) is -0.0997. The van der Waals surface area contributed by atoms with Crippen molar-refractivity contribution in [3.05, 3.63) is 57.9 Å². The molecule has 1 N–H and O–H groups in total. The molecule has 1 unspecified atom stereocenters. The molecule has 0 saturated heterocycles. The molecule has 0 saturated carbocycles. The Kier molecular flexibility index (Phi) is 3.93. The minimum atomic E-state index is -1.13. The molecule has 2 aromatic rings. The molecule has 0 spiro atoms. The number of pyridine rings is 1. The number of ether oxygens (including phenoxy) is 1. The molecule has 0 amide bonds. The van der Waals surface area contributed by atoms with Crippen LogP contribution in [0.15, 0.2) is 40.9 Å². The quantitative estimate of drug-likeness (QED) is 0.947. The molecule has 18 heavy (non-hydrogen) atoms. The van der Waals surface area contributed by atoms with Gasteiger partial charge in [0.2, 0.25) is 5.88 Å². The fraction of sp³-hybridized carbons (Fsp3) is 0.154. The monoisotopic (exact) mass is 311 g/mol. The first-order chi connectivity index (χ1) is 8.61. The molecular formula is C13H11BrFNO2. The van der Waals surface area contributed by atoms with Crippen molar-refractivity contribution >= 4 is 15.9 Å². The Morgan fingerprint density at radius 2 is 2.11 bits per heavy atom. The van der Waals surface area contributed by atoms with E-state index in [1.807, 2.05) is 0 Å². The van der Waals surface area contributed by atoms with Gasteiger partial charge in [-0.2, -0.15) is 0 Å². The highest BCUT2D eigenvalue weighted by Gasteiger charge is 2.17. The third kappa shape index (κ3) is 2.68. The second-order valence-electron chi connectivity index (χ2n) is 3.67. The maximum absolute atomic E-state index is 13.6. The van der Waals surface area contributed by atoms with E-state index < -0.39 is 11.9 Å². The van der Waals surface area contributed by atoms with Crippen molar-refractivity contribution in [1.29, 1.82) is 0 Å². The van der Waals surface area contributed by atoms with E-state index in [1.54, 1.807) is 24.3 Å². The van der Waals surface area contributed by atoms with Gasteiger partial charge in [-0.05, 0) is 24.3 Å². The summed E-state index contributed by atoms with van der Waals surface area (Å²) in [6, 6.07) is 9.37. The molecule has 1 heterocycles. The van der Waals surface area contributed by atoms with Crippen molar-refractivity contribution in [2.75, 3.05) is 7.11 Å². The summed E-state index contributed by atoms with van der Waals surface area (Å²) in [5, 5.41) is 10.1. The van der Waals surface area contributed by atoms with Gasteiger partial charge >= 0.3 is 0 Å². The molecule has 1 aromatic carbocycles. The van der Waals surface area contributed by atoms with E-state index in [4.69, 9.17) is 4.74 Å². The third-order valence-corrected chi connectivity index (χ3v) is 2.98. The minimum Gasteiger partial charge on any atom is -0.481 e. The van der Waals surface area contributed by atoms with Crippen LogP contribution in [0.2, 0.25) is 0 Å². The van der Waals surface area contributed by atoms with Gasteiger partial charge in [0.05, 0.1) is 12.8 Å². The summed E-state index contributed by atoms with van der Waals surface area (Å²) in [4.78, 5) is 4.08. The Balaban J connectivity index is 2.40. The molecule has 0 fully saturated rings. The predicted molar refractivity (Wildman–Crippen MR) is 69.0 cm³/mol. The Morgan fingerprint density at radius 1 is 1.33 bits per heavy atom. The molecule has 5 heteroatoms. The largest absolute Gasteiger partial charge is 0.481 e. The Bertz CT molecular complexity index is 562. The number of aliphatic hydroxyl groups excluding tert-OH is 1. The van der Waals surface area contributed by atoms with E-state index >= 15 is 0 Å². The van der Waals surface area contributed by atoms with E-state index in [9.17, 15) is 9.50 Å². The topological polar surface area (TPSA) is 42.4 Å². The molecule has 0 radical (unpaired) electrons. The number of halogens is 2. The van der Waals surface area contributed by atoms with Gasteiger partial charge in [-0.3, -0.25) is 0 Å². The zero-order valence-electron chi connectivity index (χ0n) is 9.60. The number of hydrogen-bond acceptors (Lipinski definition) is 3. The second-order valence-corrected chi connectivity index (χ2v) is 4.59. The molecule has 0 aliphatic heterocycles. The van der Waals surface area contributed by atoms with Crippen LogP contribution in [0, 0.1) is 5.82 Å². The lowest BCUT2D eigenvalue weighted by atomic mass is 10.1. The van der Waals surface area contributed by atoms with Gasteiger partial charge in [0.25, 0.3) is 0 Å². The minimum absolute atomic E-state index is 0.171. The van der Waals surface area contributed by atoms with E-state index in [2.05, 4.69) is 20.9 Å². The average Bonchev–Trinajstić information content (AvgIpc) is 2.41. The van der Waals surface area contributed by atoms with Gasteiger partial charge < -0.3 is 9.84 Å². The standard InChI is InChI=1S/C13H11BrFNO2/c1-18-12-4-2-3-11(16-12)13(17)9-7-8(14)5-6-10(9)15/h2-7,13,17H,1H3. The van der Waals surface area contributed by atoms with Crippen molar-refractivity contribution in [2.24, 2.45) is 0 Å². The second kappa shape index (κ2) is 5.46. The van der Waals surface area contributed by atoms with Crippen molar-refractivity contribution in [3.63, 3.8) is 0 Å². The fourth-order valence-electron chi connectivity index (χ4n) is 1.58. The normalized spacial score (nSPS) is 12.2. The Hall–Kier alpha value is -1.46. The van der Waals surface area contributed by atoms with Crippen LogP contribution in [0.4, 0.5) is 4.39 Å². The number of aliphatic hydroxyl groups is 1. The van der Waals surface area contributed by atoms with Crippen molar-refractivity contribution in [1.82, 2.24) is 4.98 Å². The van der Waals surface area contributed by atoms with Crippen LogP contribution in [0.1, 0.15) is 17.4 Å². The first kappa shape index (κ1) is 13.0. The number of methoxy groups -OCH3 is 1. The fourth-order valence-corrected chi connectivity index (χ4v) is 1.96. The smallest absolute Gasteiger partial charge is 0.213 e. The van der Waals surface area contributed by atoms with Crippen LogP contribution in [0.3, 0.4) is 0 Å². The van der Waals surface area contributed by atoms with Crippen LogP contribution < -0.4 is 4.74 Å². The van der Waals surface area contributed by atoms with E-state index in [-0.39, 0.29) is 5.56 Å². The number of aromatic nitrogens is 1. The van der Waals surface area contributed by atoms with E-state index in [0.717, 1.165) is 0 Å². The molecule has 0 bridgehead atoms. The van der Waals surface area contributed by atoms with Gasteiger partial charge in [0.1, 0.15) is 11.9 Å². The summed E-state index contributed by atoms with van der Waals surface area (Å²) in [7, 11) is 1.48. The highest BCUT2D eigenvalue weighted by molar-refractivity contribution is 9.10. The van der Waals surface area contributed by atoms with E-state index in [0.29, 0.717) is 16.0 Å². The van der Waals surface area contributed by atoms with Crippen LogP contribution in [0.25, 0.3) is 0 Å². The molecule has 3 nitrogen and oxygen atoms in total. The predicted octanol–water partition coefficient (Wildman–Crippen LogP) is 3.07. The van der Waals surface area contributed by atoms with Crippen LogP contribution >= 0.6 is 15.9 Å². The number of rotatable bonds is 3. The number of hydrogen-bond donors (Lipinski definition) is 1. The highest BCUT2D eigenvalue weighted by Crippen LogP contribution is 2.26. The zero-order chi connectivity index (χ0) is 13.1. The first-order valence-corrected chi connectivity index (χ1v) is 6.05. The average molecular weight is 312 g/mol. The third-order valence-electron chi connectivity index (χ3n) is 2.49. The molecule has 1 aromatic heterocycles. The first-order valence-electron chi connectivity index (χ1n) is 5.26. The molecule has 1 atom stereocenters.